The number of ether oxygens (including phenoxy) is 1. The Balaban J connectivity index is 1.25. The van der Waals surface area contributed by atoms with Crippen LogP contribution in [-0.2, 0) is 20.6 Å². The van der Waals surface area contributed by atoms with Crippen LogP contribution in [0.2, 0.25) is 0 Å². The molecule has 0 radical (unpaired) electrons. The smallest absolute Gasteiger partial charge is 0.328 e. The molecule has 40 heavy (non-hydrogen) atoms. The predicted octanol–water partition coefficient (Wildman–Crippen LogP) is 4.13. The van der Waals surface area contributed by atoms with Crippen molar-refractivity contribution in [3.63, 3.8) is 0 Å². The van der Waals surface area contributed by atoms with Gasteiger partial charge in [-0.3, -0.25) is 13.9 Å². The van der Waals surface area contributed by atoms with Crippen molar-refractivity contribution in [2.45, 2.75) is 6.54 Å². The number of amides is 1. The van der Waals surface area contributed by atoms with Crippen LogP contribution in [0.3, 0.4) is 0 Å². The highest BCUT2D eigenvalue weighted by atomic mass is 16.5. The van der Waals surface area contributed by atoms with Gasteiger partial charge in [0, 0.05) is 38.0 Å². The van der Waals surface area contributed by atoms with Gasteiger partial charge in [-0.15, -0.1) is 0 Å². The van der Waals surface area contributed by atoms with E-state index in [1.807, 2.05) is 36.4 Å². The van der Waals surface area contributed by atoms with Gasteiger partial charge in [-0.05, 0) is 65.7 Å². The zero-order valence-electron chi connectivity index (χ0n) is 22.1. The molecule has 10 heteroatoms. The van der Waals surface area contributed by atoms with E-state index in [1.165, 1.54) is 0 Å². The highest BCUT2D eigenvalue weighted by molar-refractivity contribution is 5.98. The highest BCUT2D eigenvalue weighted by Crippen LogP contribution is 2.35. The van der Waals surface area contributed by atoms with Crippen LogP contribution in [-0.4, -0.2) is 42.2 Å². The molecule has 0 saturated carbocycles. The minimum atomic E-state index is -0.248. The van der Waals surface area contributed by atoms with Gasteiger partial charge in [0.25, 0.3) is 5.91 Å². The number of rotatable bonds is 6. The van der Waals surface area contributed by atoms with E-state index < -0.39 is 0 Å². The summed E-state index contributed by atoms with van der Waals surface area (Å²) in [5.74, 6) is 0.766. The molecule has 6 aromatic rings. The van der Waals surface area contributed by atoms with Crippen LogP contribution < -0.4 is 15.7 Å². The molecule has 3 N–H and O–H groups in total. The lowest BCUT2D eigenvalue weighted by molar-refractivity contribution is 0.0951. The topological polar surface area (TPSA) is 127 Å². The zero-order chi connectivity index (χ0) is 28.0. The van der Waals surface area contributed by atoms with Crippen molar-refractivity contribution in [3.8, 4) is 34.1 Å². The Kier molecular flexibility index (Phi) is 6.07. The number of fused-ring (bicyclic) bond motifs is 2. The molecule has 0 bridgehead atoms. The molecule has 3 heterocycles. The third-order valence-electron chi connectivity index (χ3n) is 7.06. The molecule has 0 aliphatic rings. The van der Waals surface area contributed by atoms with Gasteiger partial charge in [-0.25, -0.2) is 14.8 Å². The molecular formula is C30H26N6O4. The molecule has 3 aromatic carbocycles. The second-order valence-corrected chi connectivity index (χ2v) is 9.52. The number of hydrogen-bond donors (Lipinski definition) is 3. The number of aromatic hydroxyl groups is 1. The van der Waals surface area contributed by atoms with Gasteiger partial charge in [0.1, 0.15) is 11.6 Å². The van der Waals surface area contributed by atoms with Crippen LogP contribution in [0.25, 0.3) is 44.6 Å². The number of nitrogens with one attached hydrogen (secondary N) is 2. The first kappa shape index (κ1) is 24.9. The minimum absolute atomic E-state index is 0.0662. The standard InChI is InChI=1S/C30H26N6O4/c1-35-24-10-6-17(13-25(24)36(2)30(35)39)16-32-28(38)19-7-9-22-23(15-19)34-27(33-22)21-14-18(8-11-26(21)37)20-5-4-12-31-29(20)40-3/h4-15,37H,16H2,1-3H3,(H,32,38)(H,33,34). The molecule has 0 aliphatic heterocycles. The summed E-state index contributed by atoms with van der Waals surface area (Å²) < 4.78 is 8.57. The summed E-state index contributed by atoms with van der Waals surface area (Å²) in [6.45, 7) is 0.306. The van der Waals surface area contributed by atoms with E-state index in [2.05, 4.69) is 20.3 Å². The van der Waals surface area contributed by atoms with Gasteiger partial charge in [0.15, 0.2) is 0 Å². The first-order chi connectivity index (χ1) is 19.3. The van der Waals surface area contributed by atoms with E-state index in [9.17, 15) is 14.7 Å². The van der Waals surface area contributed by atoms with Crippen molar-refractivity contribution < 1.29 is 14.6 Å². The van der Waals surface area contributed by atoms with Gasteiger partial charge in [0.2, 0.25) is 5.88 Å². The molecule has 200 valence electrons. The number of nitrogens with zero attached hydrogens (tertiary/aromatic N) is 4. The lowest BCUT2D eigenvalue weighted by atomic mass is 10.0. The van der Waals surface area contributed by atoms with E-state index in [0.29, 0.717) is 34.9 Å². The van der Waals surface area contributed by atoms with Gasteiger partial charge in [0.05, 0.1) is 34.7 Å². The largest absolute Gasteiger partial charge is 0.507 e. The van der Waals surface area contributed by atoms with E-state index in [-0.39, 0.29) is 17.3 Å². The number of aromatic nitrogens is 5. The molecular weight excluding hydrogens is 508 g/mol. The number of phenolic OH excluding ortho intramolecular Hbond substituents is 1. The van der Waals surface area contributed by atoms with E-state index in [4.69, 9.17) is 4.74 Å². The highest BCUT2D eigenvalue weighted by Gasteiger charge is 2.16. The number of pyridine rings is 1. The van der Waals surface area contributed by atoms with Crippen LogP contribution in [0.4, 0.5) is 0 Å². The first-order valence-electron chi connectivity index (χ1n) is 12.6. The number of carbonyl (C=O) groups excluding carboxylic acids is 1. The van der Waals surface area contributed by atoms with Gasteiger partial charge >= 0.3 is 5.69 Å². The molecule has 0 fully saturated rings. The van der Waals surface area contributed by atoms with Crippen LogP contribution in [0.15, 0.2) is 77.7 Å². The van der Waals surface area contributed by atoms with Gasteiger partial charge in [-0.1, -0.05) is 12.1 Å². The van der Waals surface area contributed by atoms with Crippen molar-refractivity contribution in [3.05, 3.63) is 94.5 Å². The number of aromatic amines is 1. The van der Waals surface area contributed by atoms with Crippen LogP contribution >= 0.6 is 0 Å². The Hall–Kier alpha value is -5.38. The van der Waals surface area contributed by atoms with Crippen molar-refractivity contribution >= 4 is 28.0 Å². The molecule has 10 nitrogen and oxygen atoms in total. The SMILES string of the molecule is COc1ncccc1-c1ccc(O)c(-c2nc3cc(C(=O)NCc4ccc5c(c4)n(C)c(=O)n5C)ccc3[nH]2)c1. The monoisotopic (exact) mass is 534 g/mol. The number of imidazole rings is 2. The summed E-state index contributed by atoms with van der Waals surface area (Å²) in [5, 5.41) is 13.6. The molecule has 0 atom stereocenters. The second kappa shape index (κ2) is 9.73. The van der Waals surface area contributed by atoms with Crippen molar-refractivity contribution in [2.24, 2.45) is 14.1 Å². The van der Waals surface area contributed by atoms with E-state index in [1.54, 1.807) is 66.9 Å². The average molecular weight is 535 g/mol. The normalized spacial score (nSPS) is 11.3. The van der Waals surface area contributed by atoms with Crippen molar-refractivity contribution in [1.29, 1.82) is 0 Å². The number of aryl methyl sites for hydroxylation is 2. The maximum atomic E-state index is 13.0. The minimum Gasteiger partial charge on any atom is -0.507 e. The number of benzene rings is 3. The number of H-pyrrole nitrogens is 1. The Labute approximate surface area is 228 Å². The Morgan fingerprint density at radius 1 is 1.00 bits per heavy atom. The summed E-state index contributed by atoms with van der Waals surface area (Å²) >= 11 is 0. The lowest BCUT2D eigenvalue weighted by Gasteiger charge is -2.09. The maximum absolute atomic E-state index is 13.0. The molecule has 6 rings (SSSR count). The molecule has 1 amide bonds. The van der Waals surface area contributed by atoms with E-state index in [0.717, 1.165) is 33.2 Å². The molecule has 3 aromatic heterocycles. The third kappa shape index (κ3) is 4.25. The fraction of sp³-hybridized carbons (Fsp3) is 0.133. The third-order valence-corrected chi connectivity index (χ3v) is 7.06. The predicted molar refractivity (Wildman–Crippen MR) is 152 cm³/mol. The average Bonchev–Trinajstić information content (AvgIpc) is 3.50. The maximum Gasteiger partial charge on any atom is 0.328 e. The summed E-state index contributed by atoms with van der Waals surface area (Å²) in [6.07, 6.45) is 1.65. The summed E-state index contributed by atoms with van der Waals surface area (Å²) in [4.78, 5) is 37.3. The van der Waals surface area contributed by atoms with Gasteiger partial charge in [-0.2, -0.15) is 0 Å². The van der Waals surface area contributed by atoms with Gasteiger partial charge < -0.3 is 20.1 Å². The number of phenols is 1. The summed E-state index contributed by atoms with van der Waals surface area (Å²) in [6, 6.07) is 19.8. The summed E-state index contributed by atoms with van der Waals surface area (Å²) in [5.41, 5.74) is 6.30. The van der Waals surface area contributed by atoms with Crippen molar-refractivity contribution in [1.82, 2.24) is 29.4 Å². The fourth-order valence-corrected chi connectivity index (χ4v) is 4.89. The molecule has 0 spiro atoms. The van der Waals surface area contributed by atoms with Crippen LogP contribution in [0, 0.1) is 0 Å². The Bertz CT molecular complexity index is 1980. The molecule has 0 saturated heterocycles. The molecule has 0 unspecified atom stereocenters. The second-order valence-electron chi connectivity index (χ2n) is 9.52. The fourth-order valence-electron chi connectivity index (χ4n) is 4.89. The zero-order valence-corrected chi connectivity index (χ0v) is 22.1. The Morgan fingerprint density at radius 2 is 1.82 bits per heavy atom. The molecule has 0 aliphatic carbocycles. The quantitative estimate of drug-likeness (QED) is 0.295. The van der Waals surface area contributed by atoms with Crippen LogP contribution in [0.1, 0.15) is 15.9 Å². The number of carbonyl (C=O) groups is 1. The Morgan fingerprint density at radius 3 is 2.65 bits per heavy atom. The number of methoxy groups -OCH3 is 1. The lowest BCUT2D eigenvalue weighted by Crippen LogP contribution is -2.22. The van der Waals surface area contributed by atoms with E-state index >= 15 is 0 Å². The number of hydrogen-bond acceptors (Lipinski definition) is 6. The van der Waals surface area contributed by atoms with Crippen LogP contribution in [0.5, 0.6) is 11.6 Å². The first-order valence-corrected chi connectivity index (χ1v) is 12.6. The summed E-state index contributed by atoms with van der Waals surface area (Å²) in [7, 11) is 5.02. The van der Waals surface area contributed by atoms with Crippen molar-refractivity contribution in [2.75, 3.05) is 7.11 Å².